The van der Waals surface area contributed by atoms with Crippen LogP contribution in [-0.2, 0) is 4.74 Å². The van der Waals surface area contributed by atoms with E-state index in [1.54, 1.807) is 6.20 Å². The lowest BCUT2D eigenvalue weighted by molar-refractivity contribution is 0.00371. The predicted molar refractivity (Wildman–Crippen MR) is 74.0 cm³/mol. The summed E-state index contributed by atoms with van der Waals surface area (Å²) in [4.78, 5) is 17.6. The number of morpholine rings is 1. The van der Waals surface area contributed by atoms with Crippen molar-refractivity contribution in [2.24, 2.45) is 0 Å². The fourth-order valence-corrected chi connectivity index (χ4v) is 2.50. The quantitative estimate of drug-likeness (QED) is 0.764. The standard InChI is InChI=1S/C14H17N3O2/c1-9-8-19-5-4-17(9)14(18)12-7-16-13-3-2-10(15)6-11(12)13/h2-3,6-7,9,16H,4-5,8,15H2,1H3. The number of carbonyl (C=O) groups excluding carboxylic acids is 1. The fourth-order valence-electron chi connectivity index (χ4n) is 2.50. The maximum absolute atomic E-state index is 12.6. The Hall–Kier alpha value is -2.01. The predicted octanol–water partition coefficient (Wildman–Crippen LogP) is 1.61. The molecule has 0 radical (unpaired) electrons. The lowest BCUT2D eigenvalue weighted by Crippen LogP contribution is -2.47. The summed E-state index contributed by atoms with van der Waals surface area (Å²) in [6.07, 6.45) is 1.76. The number of aromatic nitrogens is 1. The molecule has 2 heterocycles. The van der Waals surface area contributed by atoms with Crippen LogP contribution in [0.5, 0.6) is 0 Å². The average molecular weight is 259 g/mol. The van der Waals surface area contributed by atoms with Gasteiger partial charge in [-0.05, 0) is 25.1 Å². The van der Waals surface area contributed by atoms with Crippen molar-refractivity contribution in [1.82, 2.24) is 9.88 Å². The lowest BCUT2D eigenvalue weighted by Gasteiger charge is -2.33. The monoisotopic (exact) mass is 259 g/mol. The summed E-state index contributed by atoms with van der Waals surface area (Å²) >= 11 is 0. The number of hydrogen-bond donors (Lipinski definition) is 2. The van der Waals surface area contributed by atoms with Gasteiger partial charge in [-0.2, -0.15) is 0 Å². The Morgan fingerprint density at radius 3 is 3.16 bits per heavy atom. The van der Waals surface area contributed by atoms with Crippen LogP contribution in [0.1, 0.15) is 17.3 Å². The average Bonchev–Trinajstić information content (AvgIpc) is 2.81. The molecule has 1 atom stereocenters. The Morgan fingerprint density at radius 1 is 1.53 bits per heavy atom. The largest absolute Gasteiger partial charge is 0.399 e. The number of nitrogens with two attached hydrogens (primary N) is 1. The Morgan fingerprint density at radius 2 is 2.37 bits per heavy atom. The minimum atomic E-state index is 0.0349. The van der Waals surface area contributed by atoms with E-state index in [9.17, 15) is 4.79 Å². The SMILES string of the molecule is CC1COCCN1C(=O)c1c[nH]c2ccc(N)cc12. The molecule has 5 nitrogen and oxygen atoms in total. The van der Waals surface area contributed by atoms with Crippen LogP contribution in [0.25, 0.3) is 10.9 Å². The number of carbonyl (C=O) groups is 1. The van der Waals surface area contributed by atoms with E-state index >= 15 is 0 Å². The third-order valence-electron chi connectivity index (χ3n) is 3.56. The molecular formula is C14H17N3O2. The highest BCUT2D eigenvalue weighted by Crippen LogP contribution is 2.23. The Kier molecular flexibility index (Phi) is 2.91. The maximum atomic E-state index is 12.6. The first-order chi connectivity index (χ1) is 9.16. The van der Waals surface area contributed by atoms with Gasteiger partial charge in [-0.3, -0.25) is 4.79 Å². The second-order valence-corrected chi connectivity index (χ2v) is 4.93. The number of nitrogens with zero attached hydrogens (tertiary/aromatic N) is 1. The molecule has 5 heteroatoms. The van der Waals surface area contributed by atoms with Crippen molar-refractivity contribution in [1.29, 1.82) is 0 Å². The molecule has 2 aromatic rings. The van der Waals surface area contributed by atoms with Crippen molar-refractivity contribution in [2.75, 3.05) is 25.5 Å². The van der Waals surface area contributed by atoms with Crippen LogP contribution in [0, 0.1) is 0 Å². The van der Waals surface area contributed by atoms with Crippen molar-refractivity contribution in [3.05, 3.63) is 30.0 Å². The first kappa shape index (κ1) is 12.0. The van der Waals surface area contributed by atoms with Gasteiger partial charge < -0.3 is 20.4 Å². The molecule has 1 saturated heterocycles. The highest BCUT2D eigenvalue weighted by atomic mass is 16.5. The summed E-state index contributed by atoms with van der Waals surface area (Å²) < 4.78 is 5.36. The number of rotatable bonds is 1. The van der Waals surface area contributed by atoms with Gasteiger partial charge in [0.2, 0.25) is 0 Å². The first-order valence-electron chi connectivity index (χ1n) is 6.42. The van der Waals surface area contributed by atoms with Crippen LogP contribution in [0.2, 0.25) is 0 Å². The molecule has 1 aromatic carbocycles. The number of anilines is 1. The van der Waals surface area contributed by atoms with Gasteiger partial charge in [-0.25, -0.2) is 0 Å². The fraction of sp³-hybridized carbons (Fsp3) is 0.357. The number of fused-ring (bicyclic) bond motifs is 1. The number of amides is 1. The Bertz CT molecular complexity index is 620. The van der Waals surface area contributed by atoms with Gasteiger partial charge in [0, 0.05) is 29.3 Å². The number of H-pyrrole nitrogens is 1. The van der Waals surface area contributed by atoms with Crippen molar-refractivity contribution < 1.29 is 9.53 Å². The minimum Gasteiger partial charge on any atom is -0.399 e. The van der Waals surface area contributed by atoms with Crippen LogP contribution in [0.3, 0.4) is 0 Å². The molecule has 19 heavy (non-hydrogen) atoms. The van der Waals surface area contributed by atoms with Gasteiger partial charge in [-0.15, -0.1) is 0 Å². The zero-order chi connectivity index (χ0) is 13.4. The van der Waals surface area contributed by atoms with Crippen LogP contribution in [0.4, 0.5) is 5.69 Å². The second kappa shape index (κ2) is 4.59. The van der Waals surface area contributed by atoms with E-state index in [0.29, 0.717) is 31.0 Å². The van der Waals surface area contributed by atoms with Crippen molar-refractivity contribution >= 4 is 22.5 Å². The van der Waals surface area contributed by atoms with E-state index in [1.165, 1.54) is 0 Å². The summed E-state index contributed by atoms with van der Waals surface area (Å²) in [5.74, 6) is 0.0349. The smallest absolute Gasteiger partial charge is 0.256 e. The van der Waals surface area contributed by atoms with E-state index in [-0.39, 0.29) is 11.9 Å². The lowest BCUT2D eigenvalue weighted by atomic mass is 10.1. The summed E-state index contributed by atoms with van der Waals surface area (Å²) in [5, 5.41) is 0.878. The number of aromatic amines is 1. The molecule has 3 N–H and O–H groups in total. The van der Waals surface area contributed by atoms with Crippen LogP contribution >= 0.6 is 0 Å². The zero-order valence-corrected chi connectivity index (χ0v) is 10.8. The molecule has 0 aliphatic carbocycles. The van der Waals surface area contributed by atoms with Crippen molar-refractivity contribution in [3.63, 3.8) is 0 Å². The highest BCUT2D eigenvalue weighted by molar-refractivity contribution is 6.07. The molecule has 0 saturated carbocycles. The zero-order valence-electron chi connectivity index (χ0n) is 10.8. The molecule has 1 fully saturated rings. The van der Waals surface area contributed by atoms with Crippen molar-refractivity contribution in [2.45, 2.75) is 13.0 Å². The van der Waals surface area contributed by atoms with Gasteiger partial charge in [0.15, 0.2) is 0 Å². The van der Waals surface area contributed by atoms with E-state index in [4.69, 9.17) is 10.5 Å². The molecule has 3 rings (SSSR count). The number of nitrogens with one attached hydrogen (secondary N) is 1. The number of ether oxygens (including phenoxy) is 1. The molecule has 1 unspecified atom stereocenters. The molecule has 0 bridgehead atoms. The van der Waals surface area contributed by atoms with E-state index in [0.717, 1.165) is 10.9 Å². The molecule has 1 amide bonds. The molecule has 1 aromatic heterocycles. The Labute approximate surface area is 111 Å². The van der Waals surface area contributed by atoms with Gasteiger partial charge >= 0.3 is 0 Å². The first-order valence-corrected chi connectivity index (χ1v) is 6.42. The van der Waals surface area contributed by atoms with E-state index in [1.807, 2.05) is 30.0 Å². The van der Waals surface area contributed by atoms with Crippen molar-refractivity contribution in [3.8, 4) is 0 Å². The van der Waals surface area contributed by atoms with Gasteiger partial charge in [0.1, 0.15) is 0 Å². The van der Waals surface area contributed by atoms with E-state index in [2.05, 4.69) is 4.98 Å². The number of nitrogen functional groups attached to an aromatic ring is 1. The summed E-state index contributed by atoms with van der Waals surface area (Å²) in [6.45, 7) is 3.83. The summed E-state index contributed by atoms with van der Waals surface area (Å²) in [5.41, 5.74) is 8.07. The topological polar surface area (TPSA) is 71.3 Å². The number of benzene rings is 1. The third kappa shape index (κ3) is 2.06. The highest BCUT2D eigenvalue weighted by Gasteiger charge is 2.26. The maximum Gasteiger partial charge on any atom is 0.256 e. The van der Waals surface area contributed by atoms with Crippen LogP contribution in [-0.4, -0.2) is 41.6 Å². The molecule has 1 aliphatic heterocycles. The molecule has 0 spiro atoms. The van der Waals surface area contributed by atoms with E-state index < -0.39 is 0 Å². The molecular weight excluding hydrogens is 242 g/mol. The van der Waals surface area contributed by atoms with Gasteiger partial charge in [-0.1, -0.05) is 0 Å². The normalized spacial score (nSPS) is 19.8. The second-order valence-electron chi connectivity index (χ2n) is 4.93. The Balaban J connectivity index is 1.99. The van der Waals surface area contributed by atoms with Gasteiger partial charge in [0.25, 0.3) is 5.91 Å². The summed E-state index contributed by atoms with van der Waals surface area (Å²) in [7, 11) is 0. The molecule has 100 valence electrons. The van der Waals surface area contributed by atoms with Crippen LogP contribution in [0.15, 0.2) is 24.4 Å². The van der Waals surface area contributed by atoms with Crippen LogP contribution < -0.4 is 5.73 Å². The van der Waals surface area contributed by atoms with Gasteiger partial charge in [0.05, 0.1) is 24.8 Å². The summed E-state index contributed by atoms with van der Waals surface area (Å²) in [6, 6.07) is 5.66. The third-order valence-corrected chi connectivity index (χ3v) is 3.56. The molecule has 1 aliphatic rings. The minimum absolute atomic E-state index is 0.0349. The number of hydrogen-bond acceptors (Lipinski definition) is 3.